The largest absolute Gasteiger partial charge is 0.253 e. The fourth-order valence-corrected chi connectivity index (χ4v) is 0.710. The fraction of sp³-hybridized carbons (Fsp3) is 0.143. The Hall–Kier alpha value is -1.03. The summed E-state index contributed by atoms with van der Waals surface area (Å²) in [7, 11) is 0. The van der Waals surface area contributed by atoms with Gasteiger partial charge in [0.1, 0.15) is 0 Å². The standard InChI is InChI=1S/C7H5F3N/c8-5-1-4(3-11)2-6(9)7(5)10/h1-2,11H,3H2. The zero-order chi connectivity index (χ0) is 8.43. The van der Waals surface area contributed by atoms with Crippen LogP contribution >= 0.6 is 0 Å². The second-order valence-corrected chi connectivity index (χ2v) is 2.05. The molecule has 0 heterocycles. The van der Waals surface area contributed by atoms with Crippen molar-refractivity contribution < 1.29 is 13.2 Å². The summed E-state index contributed by atoms with van der Waals surface area (Å²) in [5.41, 5.74) is 6.88. The molecule has 0 spiro atoms. The maximum absolute atomic E-state index is 12.3. The van der Waals surface area contributed by atoms with Crippen molar-refractivity contribution in [3.63, 3.8) is 0 Å². The monoisotopic (exact) mass is 160 g/mol. The molecule has 1 aromatic rings. The molecule has 0 aliphatic carbocycles. The minimum Gasteiger partial charge on any atom is -0.253 e. The summed E-state index contributed by atoms with van der Waals surface area (Å²) < 4.78 is 36.9. The van der Waals surface area contributed by atoms with E-state index in [0.717, 1.165) is 12.1 Å². The highest BCUT2D eigenvalue weighted by Crippen LogP contribution is 2.12. The van der Waals surface area contributed by atoms with Gasteiger partial charge in [-0.25, -0.2) is 13.2 Å². The van der Waals surface area contributed by atoms with E-state index in [1.807, 2.05) is 0 Å². The Bertz CT molecular complexity index is 249. The van der Waals surface area contributed by atoms with Crippen molar-refractivity contribution >= 4 is 0 Å². The van der Waals surface area contributed by atoms with Crippen LogP contribution < -0.4 is 5.73 Å². The summed E-state index contributed by atoms with van der Waals surface area (Å²) in [4.78, 5) is 0. The van der Waals surface area contributed by atoms with Crippen molar-refractivity contribution in [1.82, 2.24) is 5.73 Å². The van der Waals surface area contributed by atoms with Gasteiger partial charge in [-0.3, -0.25) is 5.73 Å². The summed E-state index contributed by atoms with van der Waals surface area (Å²) in [6, 6.07) is 1.62. The maximum Gasteiger partial charge on any atom is 0.194 e. The summed E-state index contributed by atoms with van der Waals surface area (Å²) in [5, 5.41) is 0. The van der Waals surface area contributed by atoms with E-state index in [1.165, 1.54) is 0 Å². The average Bonchev–Trinajstić information content (AvgIpc) is 1.99. The van der Waals surface area contributed by atoms with Crippen LogP contribution in [0.15, 0.2) is 12.1 Å². The Morgan fingerprint density at radius 3 is 1.91 bits per heavy atom. The van der Waals surface area contributed by atoms with E-state index < -0.39 is 17.5 Å². The summed E-state index contributed by atoms with van der Waals surface area (Å²) in [5.74, 6) is -3.97. The average molecular weight is 160 g/mol. The zero-order valence-electron chi connectivity index (χ0n) is 5.50. The summed E-state index contributed by atoms with van der Waals surface area (Å²) >= 11 is 0. The predicted octanol–water partition coefficient (Wildman–Crippen LogP) is 1.89. The quantitative estimate of drug-likeness (QED) is 0.560. The number of benzene rings is 1. The Kier molecular flexibility index (Phi) is 2.14. The van der Waals surface area contributed by atoms with Gasteiger partial charge < -0.3 is 0 Å². The predicted molar refractivity (Wildman–Crippen MR) is 33.1 cm³/mol. The molecular weight excluding hydrogens is 155 g/mol. The van der Waals surface area contributed by atoms with Crippen LogP contribution in [0.5, 0.6) is 0 Å². The molecule has 11 heavy (non-hydrogen) atoms. The fourth-order valence-electron chi connectivity index (χ4n) is 0.710. The van der Waals surface area contributed by atoms with Gasteiger partial charge in [0.05, 0.1) is 0 Å². The molecule has 0 saturated heterocycles. The molecule has 0 atom stereocenters. The van der Waals surface area contributed by atoms with Crippen LogP contribution in [0.3, 0.4) is 0 Å². The normalized spacial score (nSPS) is 10.2. The molecule has 0 saturated carbocycles. The number of nitrogens with one attached hydrogen (secondary N) is 1. The van der Waals surface area contributed by atoms with Crippen molar-refractivity contribution in [3.05, 3.63) is 35.1 Å². The first-order chi connectivity index (χ1) is 5.15. The van der Waals surface area contributed by atoms with E-state index in [1.54, 1.807) is 0 Å². The lowest BCUT2D eigenvalue weighted by atomic mass is 10.2. The molecule has 0 bridgehead atoms. The number of hydrogen-bond donors (Lipinski definition) is 0. The molecule has 0 aliphatic rings. The third kappa shape index (κ3) is 1.51. The van der Waals surface area contributed by atoms with Crippen LogP contribution in [0, 0.1) is 17.5 Å². The highest BCUT2D eigenvalue weighted by Gasteiger charge is 2.08. The van der Waals surface area contributed by atoms with Crippen LogP contribution in [0.25, 0.3) is 0 Å². The molecule has 1 radical (unpaired) electrons. The van der Waals surface area contributed by atoms with Gasteiger partial charge in [-0.05, 0) is 17.7 Å². The minimum absolute atomic E-state index is 0.126. The van der Waals surface area contributed by atoms with Crippen LogP contribution in [-0.2, 0) is 6.54 Å². The third-order valence-corrected chi connectivity index (χ3v) is 1.25. The SMILES string of the molecule is [NH]Cc1cc(F)c(F)c(F)c1. The van der Waals surface area contributed by atoms with Crippen molar-refractivity contribution in [2.75, 3.05) is 0 Å². The van der Waals surface area contributed by atoms with Gasteiger partial charge in [0.25, 0.3) is 0 Å². The van der Waals surface area contributed by atoms with Crippen LogP contribution in [0.2, 0.25) is 0 Å². The number of rotatable bonds is 1. The van der Waals surface area contributed by atoms with E-state index in [0.29, 0.717) is 0 Å². The topological polar surface area (TPSA) is 23.8 Å². The van der Waals surface area contributed by atoms with Gasteiger partial charge in [-0.15, -0.1) is 0 Å². The van der Waals surface area contributed by atoms with E-state index in [4.69, 9.17) is 5.73 Å². The minimum atomic E-state index is -1.48. The van der Waals surface area contributed by atoms with Crippen molar-refractivity contribution in [2.45, 2.75) is 6.54 Å². The lowest BCUT2D eigenvalue weighted by molar-refractivity contribution is 0.445. The molecule has 0 amide bonds. The zero-order valence-corrected chi connectivity index (χ0v) is 5.50. The molecule has 1 aromatic carbocycles. The molecule has 1 N–H and O–H groups in total. The van der Waals surface area contributed by atoms with Crippen molar-refractivity contribution in [3.8, 4) is 0 Å². The second-order valence-electron chi connectivity index (χ2n) is 2.05. The lowest BCUT2D eigenvalue weighted by Gasteiger charge is -1.98. The van der Waals surface area contributed by atoms with Gasteiger partial charge in [0.15, 0.2) is 17.5 Å². The van der Waals surface area contributed by atoms with E-state index >= 15 is 0 Å². The Balaban J connectivity index is 3.21. The van der Waals surface area contributed by atoms with Crippen molar-refractivity contribution in [1.29, 1.82) is 0 Å². The van der Waals surface area contributed by atoms with E-state index in [9.17, 15) is 13.2 Å². The molecule has 0 unspecified atom stereocenters. The first kappa shape index (κ1) is 8.07. The number of hydrogen-bond acceptors (Lipinski definition) is 0. The summed E-state index contributed by atoms with van der Waals surface area (Å²) in [6.07, 6.45) is 0. The van der Waals surface area contributed by atoms with Crippen LogP contribution in [0.4, 0.5) is 13.2 Å². The molecule has 1 nitrogen and oxygen atoms in total. The van der Waals surface area contributed by atoms with Crippen LogP contribution in [-0.4, -0.2) is 0 Å². The highest BCUT2D eigenvalue weighted by molar-refractivity contribution is 5.18. The van der Waals surface area contributed by atoms with Gasteiger partial charge in [0.2, 0.25) is 0 Å². The number of halogens is 3. The van der Waals surface area contributed by atoms with Gasteiger partial charge in [-0.2, -0.15) is 0 Å². The second kappa shape index (κ2) is 2.92. The smallest absolute Gasteiger partial charge is 0.194 e. The van der Waals surface area contributed by atoms with E-state index in [2.05, 4.69) is 0 Å². The maximum atomic E-state index is 12.3. The first-order valence-electron chi connectivity index (χ1n) is 2.93. The third-order valence-electron chi connectivity index (χ3n) is 1.25. The van der Waals surface area contributed by atoms with Gasteiger partial charge >= 0.3 is 0 Å². The molecular formula is C7H5F3N. The molecule has 0 fully saturated rings. The van der Waals surface area contributed by atoms with Gasteiger partial charge in [0, 0.05) is 6.54 Å². The highest BCUT2D eigenvalue weighted by atomic mass is 19.2. The molecule has 1 rings (SSSR count). The molecule has 0 aliphatic heterocycles. The summed E-state index contributed by atoms with van der Waals surface area (Å²) in [6.45, 7) is -0.256. The molecule has 0 aromatic heterocycles. The van der Waals surface area contributed by atoms with Crippen LogP contribution in [0.1, 0.15) is 5.56 Å². The Morgan fingerprint density at radius 1 is 1.09 bits per heavy atom. The molecule has 59 valence electrons. The lowest BCUT2D eigenvalue weighted by Crippen LogP contribution is -1.94. The first-order valence-corrected chi connectivity index (χ1v) is 2.93. The van der Waals surface area contributed by atoms with Crippen molar-refractivity contribution in [2.24, 2.45) is 0 Å². The Labute approximate surface area is 61.6 Å². The Morgan fingerprint density at radius 2 is 1.55 bits per heavy atom. The molecule has 4 heteroatoms. The van der Waals surface area contributed by atoms with Gasteiger partial charge in [-0.1, -0.05) is 0 Å². The van der Waals surface area contributed by atoms with E-state index in [-0.39, 0.29) is 12.1 Å².